The summed E-state index contributed by atoms with van der Waals surface area (Å²) in [6.07, 6.45) is 4.53. The highest BCUT2D eigenvalue weighted by Crippen LogP contribution is 2.26. The van der Waals surface area contributed by atoms with Crippen molar-refractivity contribution in [3.8, 4) is 6.07 Å². The Hall–Kier alpha value is -2.39. The van der Waals surface area contributed by atoms with Crippen LogP contribution in [0.2, 0.25) is 0 Å². The van der Waals surface area contributed by atoms with Crippen molar-refractivity contribution in [3.05, 3.63) is 39.4 Å². The molecule has 2 aromatic rings. The zero-order valence-electron chi connectivity index (χ0n) is 13.1. The second-order valence-corrected chi connectivity index (χ2v) is 6.03. The SMILES string of the molecule is CC(C)c1c(C2=CCN(C)CC2)nc2c(C#N)c[nH]n2c1=O. The Labute approximate surface area is 128 Å². The second-order valence-electron chi connectivity index (χ2n) is 6.03. The van der Waals surface area contributed by atoms with Crippen LogP contribution in [0.3, 0.4) is 0 Å². The molecule has 1 aliphatic rings. The summed E-state index contributed by atoms with van der Waals surface area (Å²) in [6.45, 7) is 5.80. The molecule has 1 aliphatic heterocycles. The van der Waals surface area contributed by atoms with E-state index in [1.165, 1.54) is 10.7 Å². The molecule has 2 aromatic heterocycles. The average molecular weight is 297 g/mol. The Morgan fingerprint density at radius 2 is 2.23 bits per heavy atom. The maximum atomic E-state index is 12.8. The summed E-state index contributed by atoms with van der Waals surface area (Å²) in [5.74, 6) is 0.0706. The number of rotatable bonds is 2. The molecule has 6 heteroatoms. The highest BCUT2D eigenvalue weighted by Gasteiger charge is 2.22. The van der Waals surface area contributed by atoms with Gasteiger partial charge in [0.25, 0.3) is 5.56 Å². The van der Waals surface area contributed by atoms with Gasteiger partial charge in [-0.2, -0.15) is 5.26 Å². The van der Waals surface area contributed by atoms with Gasteiger partial charge >= 0.3 is 0 Å². The number of likely N-dealkylation sites (N-methyl/N-ethyl adjacent to an activating group) is 1. The molecule has 114 valence electrons. The number of nitriles is 1. The van der Waals surface area contributed by atoms with E-state index in [-0.39, 0.29) is 11.5 Å². The summed E-state index contributed by atoms with van der Waals surface area (Å²) in [6, 6.07) is 2.08. The molecule has 0 aromatic carbocycles. The molecule has 0 radical (unpaired) electrons. The summed E-state index contributed by atoms with van der Waals surface area (Å²) in [4.78, 5) is 19.7. The fourth-order valence-electron chi connectivity index (χ4n) is 2.86. The van der Waals surface area contributed by atoms with Gasteiger partial charge in [0.2, 0.25) is 0 Å². The smallest absolute Gasteiger partial charge is 0.276 e. The van der Waals surface area contributed by atoms with Crippen LogP contribution in [0.4, 0.5) is 0 Å². The van der Waals surface area contributed by atoms with Crippen LogP contribution >= 0.6 is 0 Å². The molecule has 3 rings (SSSR count). The Kier molecular flexibility index (Phi) is 3.59. The highest BCUT2D eigenvalue weighted by atomic mass is 16.1. The molecule has 0 aliphatic carbocycles. The van der Waals surface area contributed by atoms with Crippen LogP contribution in [-0.4, -0.2) is 39.6 Å². The third-order valence-corrected chi connectivity index (χ3v) is 4.11. The number of hydrogen-bond donors (Lipinski definition) is 1. The van der Waals surface area contributed by atoms with E-state index in [9.17, 15) is 10.1 Å². The first-order chi connectivity index (χ1) is 10.5. The molecule has 0 saturated heterocycles. The minimum absolute atomic E-state index is 0.0706. The molecular formula is C16H19N5O. The molecule has 3 heterocycles. The zero-order chi connectivity index (χ0) is 15.9. The van der Waals surface area contributed by atoms with E-state index in [1.807, 2.05) is 13.8 Å². The van der Waals surface area contributed by atoms with E-state index >= 15 is 0 Å². The Morgan fingerprint density at radius 1 is 1.45 bits per heavy atom. The first kappa shape index (κ1) is 14.5. The number of hydrogen-bond acceptors (Lipinski definition) is 4. The van der Waals surface area contributed by atoms with Crippen LogP contribution in [0.5, 0.6) is 0 Å². The average Bonchev–Trinajstić information content (AvgIpc) is 2.90. The van der Waals surface area contributed by atoms with Gasteiger partial charge in [-0.05, 0) is 25.0 Å². The maximum absolute atomic E-state index is 12.8. The summed E-state index contributed by atoms with van der Waals surface area (Å²) in [5, 5.41) is 12.0. The van der Waals surface area contributed by atoms with E-state index in [0.717, 1.165) is 30.8 Å². The van der Waals surface area contributed by atoms with Gasteiger partial charge in [-0.3, -0.25) is 9.89 Å². The van der Waals surface area contributed by atoms with Crippen LogP contribution in [-0.2, 0) is 0 Å². The molecule has 22 heavy (non-hydrogen) atoms. The van der Waals surface area contributed by atoms with Gasteiger partial charge < -0.3 is 4.90 Å². The molecule has 0 fully saturated rings. The predicted octanol–water partition coefficient (Wildman–Crippen LogP) is 1.74. The molecule has 0 saturated carbocycles. The van der Waals surface area contributed by atoms with Gasteiger partial charge in [-0.15, -0.1) is 0 Å². The lowest BCUT2D eigenvalue weighted by Crippen LogP contribution is -2.27. The van der Waals surface area contributed by atoms with Crippen LogP contribution < -0.4 is 5.56 Å². The van der Waals surface area contributed by atoms with E-state index < -0.39 is 0 Å². The molecule has 0 unspecified atom stereocenters. The van der Waals surface area contributed by atoms with Gasteiger partial charge in [-0.1, -0.05) is 19.9 Å². The highest BCUT2D eigenvalue weighted by molar-refractivity contribution is 5.69. The largest absolute Gasteiger partial charge is 0.302 e. The predicted molar refractivity (Wildman–Crippen MR) is 84.7 cm³/mol. The van der Waals surface area contributed by atoms with E-state index in [1.54, 1.807) is 0 Å². The van der Waals surface area contributed by atoms with Crippen LogP contribution in [0.1, 0.15) is 43.0 Å². The van der Waals surface area contributed by atoms with Crippen LogP contribution in [0, 0.1) is 11.3 Å². The monoisotopic (exact) mass is 297 g/mol. The van der Waals surface area contributed by atoms with Gasteiger partial charge in [-0.25, -0.2) is 9.50 Å². The molecule has 0 bridgehead atoms. The fourth-order valence-corrected chi connectivity index (χ4v) is 2.86. The minimum Gasteiger partial charge on any atom is -0.302 e. The summed E-state index contributed by atoms with van der Waals surface area (Å²) >= 11 is 0. The Morgan fingerprint density at radius 3 is 2.82 bits per heavy atom. The van der Waals surface area contributed by atoms with Crippen molar-refractivity contribution in [2.75, 3.05) is 20.1 Å². The summed E-state index contributed by atoms with van der Waals surface area (Å²) in [5.41, 5.74) is 3.25. The fraction of sp³-hybridized carbons (Fsp3) is 0.438. The number of nitrogens with zero attached hydrogens (tertiary/aromatic N) is 4. The zero-order valence-corrected chi connectivity index (χ0v) is 13.1. The van der Waals surface area contributed by atoms with Crippen LogP contribution in [0.25, 0.3) is 11.2 Å². The Balaban J connectivity index is 2.30. The lowest BCUT2D eigenvalue weighted by molar-refractivity contribution is 0.369. The lowest BCUT2D eigenvalue weighted by Gasteiger charge is -2.23. The van der Waals surface area contributed by atoms with Gasteiger partial charge in [0.05, 0.1) is 5.69 Å². The van der Waals surface area contributed by atoms with Crippen LogP contribution in [0.15, 0.2) is 17.1 Å². The van der Waals surface area contributed by atoms with Crippen molar-refractivity contribution in [2.45, 2.75) is 26.2 Å². The topological polar surface area (TPSA) is 77.2 Å². The van der Waals surface area contributed by atoms with Gasteiger partial charge in [0, 0.05) is 24.8 Å². The Bertz CT molecular complexity index is 850. The number of H-pyrrole nitrogens is 1. The first-order valence-electron chi connectivity index (χ1n) is 7.45. The van der Waals surface area contributed by atoms with Gasteiger partial charge in [0.1, 0.15) is 11.6 Å². The number of fused-ring (bicyclic) bond motifs is 1. The number of aromatic nitrogens is 3. The van der Waals surface area contributed by atoms with Crippen molar-refractivity contribution >= 4 is 11.2 Å². The van der Waals surface area contributed by atoms with Crippen molar-refractivity contribution in [1.82, 2.24) is 19.5 Å². The molecule has 0 amide bonds. The van der Waals surface area contributed by atoms with Crippen molar-refractivity contribution in [2.24, 2.45) is 0 Å². The molecule has 6 nitrogen and oxygen atoms in total. The summed E-state index contributed by atoms with van der Waals surface area (Å²) < 4.78 is 1.37. The third-order valence-electron chi connectivity index (χ3n) is 4.11. The lowest BCUT2D eigenvalue weighted by atomic mass is 9.95. The maximum Gasteiger partial charge on any atom is 0.276 e. The standard InChI is InChI=1S/C16H19N5O/c1-10(2)13-14(11-4-6-20(3)7-5-11)19-15-12(8-17)9-18-21(15)16(13)22/h4,9-10,18H,5-7H2,1-3H3. The van der Waals surface area contributed by atoms with Crippen molar-refractivity contribution in [1.29, 1.82) is 5.26 Å². The molecule has 0 spiro atoms. The van der Waals surface area contributed by atoms with E-state index in [2.05, 4.69) is 34.2 Å². The molecule has 0 atom stereocenters. The summed E-state index contributed by atoms with van der Waals surface area (Å²) in [7, 11) is 2.07. The number of aromatic amines is 1. The quantitative estimate of drug-likeness (QED) is 0.916. The first-order valence-corrected chi connectivity index (χ1v) is 7.45. The van der Waals surface area contributed by atoms with Gasteiger partial charge in [0.15, 0.2) is 5.65 Å². The van der Waals surface area contributed by atoms with E-state index in [0.29, 0.717) is 16.8 Å². The molecular weight excluding hydrogens is 278 g/mol. The number of nitrogens with one attached hydrogen (secondary N) is 1. The molecule has 1 N–H and O–H groups in total. The van der Waals surface area contributed by atoms with Crippen molar-refractivity contribution in [3.63, 3.8) is 0 Å². The van der Waals surface area contributed by atoms with Crippen molar-refractivity contribution < 1.29 is 0 Å². The van der Waals surface area contributed by atoms with E-state index in [4.69, 9.17) is 0 Å². The third kappa shape index (κ3) is 2.24. The normalized spacial score (nSPS) is 16.0. The minimum atomic E-state index is -0.115. The second kappa shape index (κ2) is 5.43.